The lowest BCUT2D eigenvalue weighted by molar-refractivity contribution is -0.0521. The molecule has 0 aromatic heterocycles. The number of morpholine rings is 1. The largest absolute Gasteiger partial charge is 0.372 e. The van der Waals surface area contributed by atoms with Gasteiger partial charge in [0.2, 0.25) is 0 Å². The number of ether oxygens (including phenoxy) is 1. The Labute approximate surface area is 127 Å². The average Bonchev–Trinajstić information content (AvgIpc) is 2.74. The fourth-order valence-electron chi connectivity index (χ4n) is 3.14. The summed E-state index contributed by atoms with van der Waals surface area (Å²) in [5, 5.41) is 0.789. The molecule has 5 heteroatoms. The molecule has 2 heterocycles. The van der Waals surface area contributed by atoms with Crippen LogP contribution < -0.4 is 5.73 Å². The van der Waals surface area contributed by atoms with Gasteiger partial charge in [0.25, 0.3) is 0 Å². The van der Waals surface area contributed by atoms with Crippen molar-refractivity contribution in [2.45, 2.75) is 31.1 Å². The van der Waals surface area contributed by atoms with E-state index >= 15 is 0 Å². The van der Waals surface area contributed by atoms with Crippen molar-refractivity contribution >= 4 is 27.5 Å². The van der Waals surface area contributed by atoms with Crippen LogP contribution in [0.4, 0.5) is 0 Å². The minimum atomic E-state index is 0.178. The van der Waals surface area contributed by atoms with Crippen LogP contribution in [0.3, 0.4) is 0 Å². The summed E-state index contributed by atoms with van der Waals surface area (Å²) in [5.74, 6) is 0. The van der Waals surface area contributed by atoms with Crippen LogP contribution in [-0.4, -0.2) is 36.7 Å². The summed E-state index contributed by atoms with van der Waals surface area (Å²) < 4.78 is 6.93. The van der Waals surface area contributed by atoms with E-state index in [0.717, 1.165) is 28.1 Å². The van der Waals surface area contributed by atoms with Gasteiger partial charge in [-0.15, -0.1) is 0 Å². The van der Waals surface area contributed by atoms with Crippen molar-refractivity contribution in [3.8, 4) is 0 Å². The predicted molar refractivity (Wildman–Crippen MR) is 80.4 cm³/mol. The summed E-state index contributed by atoms with van der Waals surface area (Å²) >= 11 is 9.85. The van der Waals surface area contributed by atoms with Gasteiger partial charge < -0.3 is 10.5 Å². The van der Waals surface area contributed by atoms with Gasteiger partial charge in [-0.25, -0.2) is 0 Å². The number of nitrogens with zero attached hydrogens (tertiary/aromatic N) is 1. The fourth-order valence-corrected chi connectivity index (χ4v) is 3.77. The first-order chi connectivity index (χ1) is 9.17. The molecule has 2 bridgehead atoms. The highest BCUT2D eigenvalue weighted by atomic mass is 79.9. The third kappa shape index (κ3) is 2.83. The smallest absolute Gasteiger partial charge is 0.0707 e. The second-order valence-corrected chi connectivity index (χ2v) is 6.65. The number of fused-ring (bicyclic) bond motifs is 2. The van der Waals surface area contributed by atoms with E-state index in [1.54, 1.807) is 0 Å². The topological polar surface area (TPSA) is 38.5 Å². The van der Waals surface area contributed by atoms with Crippen LogP contribution in [0.5, 0.6) is 0 Å². The third-order valence-corrected chi connectivity index (χ3v) is 4.89. The van der Waals surface area contributed by atoms with E-state index in [2.05, 4.69) is 26.9 Å². The van der Waals surface area contributed by atoms with Crippen LogP contribution in [0.1, 0.15) is 24.4 Å². The quantitative estimate of drug-likeness (QED) is 0.915. The molecular formula is C14H18BrClN2O. The molecule has 3 atom stereocenters. The van der Waals surface area contributed by atoms with Gasteiger partial charge in [-0.1, -0.05) is 27.5 Å². The highest BCUT2D eigenvalue weighted by Gasteiger charge is 2.36. The average molecular weight is 346 g/mol. The van der Waals surface area contributed by atoms with Crippen molar-refractivity contribution < 1.29 is 4.74 Å². The molecule has 2 fully saturated rings. The number of hydrogen-bond acceptors (Lipinski definition) is 3. The van der Waals surface area contributed by atoms with Gasteiger partial charge in [0, 0.05) is 35.2 Å². The monoisotopic (exact) mass is 344 g/mol. The first-order valence-electron chi connectivity index (χ1n) is 6.72. The Kier molecular flexibility index (Phi) is 4.15. The van der Waals surface area contributed by atoms with Crippen molar-refractivity contribution in [3.63, 3.8) is 0 Å². The van der Waals surface area contributed by atoms with Gasteiger partial charge in [-0.3, -0.25) is 4.90 Å². The van der Waals surface area contributed by atoms with E-state index in [-0.39, 0.29) is 6.04 Å². The summed E-state index contributed by atoms with van der Waals surface area (Å²) in [7, 11) is 0. The number of nitrogens with two attached hydrogens (primary N) is 1. The van der Waals surface area contributed by atoms with E-state index in [9.17, 15) is 0 Å². The molecule has 19 heavy (non-hydrogen) atoms. The van der Waals surface area contributed by atoms with Gasteiger partial charge in [0.1, 0.15) is 0 Å². The lowest BCUT2D eigenvalue weighted by Crippen LogP contribution is -2.46. The van der Waals surface area contributed by atoms with Crippen LogP contribution in [0.25, 0.3) is 0 Å². The molecule has 2 aliphatic heterocycles. The van der Waals surface area contributed by atoms with Gasteiger partial charge >= 0.3 is 0 Å². The Bertz CT molecular complexity index is 459. The van der Waals surface area contributed by atoms with Crippen LogP contribution in [0, 0.1) is 0 Å². The van der Waals surface area contributed by atoms with Crippen molar-refractivity contribution in [1.82, 2.24) is 4.90 Å². The lowest BCUT2D eigenvalue weighted by atomic mass is 10.0. The van der Waals surface area contributed by atoms with E-state index in [1.165, 1.54) is 12.8 Å². The molecule has 1 aromatic carbocycles. The molecule has 0 aliphatic carbocycles. The molecule has 3 nitrogen and oxygen atoms in total. The Morgan fingerprint density at radius 3 is 2.68 bits per heavy atom. The molecule has 0 radical (unpaired) electrons. The first kappa shape index (κ1) is 13.8. The number of halogens is 2. The predicted octanol–water partition coefficient (Wildman–Crippen LogP) is 2.97. The highest BCUT2D eigenvalue weighted by Crippen LogP contribution is 2.34. The van der Waals surface area contributed by atoms with Gasteiger partial charge in [0.05, 0.1) is 12.2 Å². The number of rotatable bonds is 3. The molecule has 2 aliphatic rings. The number of benzene rings is 1. The molecule has 0 amide bonds. The summed E-state index contributed by atoms with van der Waals surface area (Å²) in [4.78, 5) is 2.43. The van der Waals surface area contributed by atoms with Crippen molar-refractivity contribution in [3.05, 3.63) is 33.3 Å². The van der Waals surface area contributed by atoms with Crippen LogP contribution in [-0.2, 0) is 4.74 Å². The Hall–Kier alpha value is -0.130. The molecule has 2 saturated heterocycles. The van der Waals surface area contributed by atoms with Gasteiger partial charge in [-0.2, -0.15) is 0 Å². The highest BCUT2D eigenvalue weighted by molar-refractivity contribution is 9.10. The normalized spacial score (nSPS) is 28.6. The van der Waals surface area contributed by atoms with Crippen LogP contribution >= 0.6 is 27.5 Å². The molecule has 104 valence electrons. The van der Waals surface area contributed by atoms with Crippen molar-refractivity contribution in [1.29, 1.82) is 0 Å². The zero-order valence-electron chi connectivity index (χ0n) is 10.7. The van der Waals surface area contributed by atoms with Gasteiger partial charge in [0.15, 0.2) is 0 Å². The zero-order valence-corrected chi connectivity index (χ0v) is 13.0. The summed E-state index contributed by atoms with van der Waals surface area (Å²) in [6.07, 6.45) is 3.09. The van der Waals surface area contributed by atoms with Crippen molar-refractivity contribution in [2.24, 2.45) is 5.73 Å². The van der Waals surface area contributed by atoms with Crippen molar-refractivity contribution in [2.75, 3.05) is 19.6 Å². The lowest BCUT2D eigenvalue weighted by Gasteiger charge is -2.38. The number of hydrogen-bond donors (Lipinski definition) is 1. The Morgan fingerprint density at radius 2 is 2.05 bits per heavy atom. The standard InChI is InChI=1S/C14H18BrClN2O/c15-9-1-4-13(16)12(5-9)14(6-17)18-7-10-2-3-11(8-18)19-10/h1,4-5,10-11,14H,2-3,6-8,17H2. The fraction of sp³-hybridized carbons (Fsp3) is 0.571. The summed E-state index contributed by atoms with van der Waals surface area (Å²) in [6, 6.07) is 6.15. The first-order valence-corrected chi connectivity index (χ1v) is 7.89. The Balaban J connectivity index is 1.85. The molecule has 3 unspecified atom stereocenters. The summed E-state index contributed by atoms with van der Waals surface area (Å²) in [5.41, 5.74) is 7.12. The van der Waals surface area contributed by atoms with E-state index in [0.29, 0.717) is 18.8 Å². The number of likely N-dealkylation sites (tertiary alicyclic amines) is 1. The third-order valence-electron chi connectivity index (χ3n) is 4.05. The van der Waals surface area contributed by atoms with Gasteiger partial charge in [-0.05, 0) is 36.6 Å². The maximum atomic E-state index is 6.34. The molecule has 3 rings (SSSR count). The van der Waals surface area contributed by atoms with E-state index in [1.807, 2.05) is 12.1 Å². The van der Waals surface area contributed by atoms with E-state index in [4.69, 9.17) is 22.1 Å². The minimum Gasteiger partial charge on any atom is -0.372 e. The molecular weight excluding hydrogens is 328 g/mol. The van der Waals surface area contributed by atoms with Crippen LogP contribution in [0.2, 0.25) is 5.02 Å². The minimum absolute atomic E-state index is 0.178. The van der Waals surface area contributed by atoms with Crippen LogP contribution in [0.15, 0.2) is 22.7 Å². The maximum absolute atomic E-state index is 6.34. The molecule has 1 aromatic rings. The molecule has 0 saturated carbocycles. The molecule has 2 N–H and O–H groups in total. The second kappa shape index (κ2) is 5.70. The Morgan fingerprint density at radius 1 is 1.37 bits per heavy atom. The summed E-state index contributed by atoms with van der Waals surface area (Å²) in [6.45, 7) is 2.50. The van der Waals surface area contributed by atoms with E-state index < -0.39 is 0 Å². The molecule has 0 spiro atoms. The second-order valence-electron chi connectivity index (χ2n) is 5.33. The SMILES string of the molecule is NCC(c1cc(Br)ccc1Cl)N1CC2CCC(C1)O2. The zero-order chi connectivity index (χ0) is 13.4. The maximum Gasteiger partial charge on any atom is 0.0707 e.